The number of halogens is 2. The number of hydrogen-bond acceptors (Lipinski definition) is 0. The van der Waals surface area contributed by atoms with Crippen molar-refractivity contribution in [2.75, 3.05) is 0 Å². The highest BCUT2D eigenvalue weighted by Crippen LogP contribution is 2.07. The van der Waals surface area contributed by atoms with Crippen molar-refractivity contribution in [3.05, 3.63) is 35.1 Å². The van der Waals surface area contributed by atoms with Crippen molar-refractivity contribution in [3.63, 3.8) is 0 Å². The SMILES string of the molecule is Fc1cc[c]c(Cl)c1. The lowest BCUT2D eigenvalue weighted by Gasteiger charge is -1.84. The summed E-state index contributed by atoms with van der Waals surface area (Å²) in [6.07, 6.45) is 0. The monoisotopic (exact) mass is 129 g/mol. The van der Waals surface area contributed by atoms with Crippen LogP contribution >= 0.6 is 11.6 Å². The van der Waals surface area contributed by atoms with Crippen LogP contribution in [-0.2, 0) is 0 Å². The molecule has 0 aromatic heterocycles. The largest absolute Gasteiger partial charge is 0.207 e. The molecule has 0 fully saturated rings. The van der Waals surface area contributed by atoms with Crippen molar-refractivity contribution in [2.45, 2.75) is 0 Å². The van der Waals surface area contributed by atoms with Gasteiger partial charge in [0.2, 0.25) is 0 Å². The summed E-state index contributed by atoms with van der Waals surface area (Å²) in [4.78, 5) is 0. The van der Waals surface area contributed by atoms with E-state index in [-0.39, 0.29) is 5.82 Å². The molecule has 0 saturated heterocycles. The fourth-order valence-electron chi connectivity index (χ4n) is 0.412. The molecule has 1 aromatic carbocycles. The first-order valence-electron chi connectivity index (χ1n) is 2.12. The molecule has 0 atom stereocenters. The normalized spacial score (nSPS) is 9.25. The van der Waals surface area contributed by atoms with Gasteiger partial charge < -0.3 is 0 Å². The molecule has 0 spiro atoms. The second kappa shape index (κ2) is 2.14. The average molecular weight is 130 g/mol. The average Bonchev–Trinajstić information content (AvgIpc) is 1.64. The first kappa shape index (κ1) is 5.57. The van der Waals surface area contributed by atoms with E-state index in [4.69, 9.17) is 11.6 Å². The fraction of sp³-hybridized carbons (Fsp3) is 0. The Hall–Kier alpha value is -0.560. The van der Waals surface area contributed by atoms with Crippen LogP contribution < -0.4 is 0 Å². The van der Waals surface area contributed by atoms with Crippen LogP contribution in [0.15, 0.2) is 18.2 Å². The zero-order valence-electron chi connectivity index (χ0n) is 3.99. The Labute approximate surface area is 51.9 Å². The molecule has 0 aliphatic carbocycles. The Morgan fingerprint density at radius 1 is 1.62 bits per heavy atom. The van der Waals surface area contributed by atoms with Gasteiger partial charge in [-0.3, -0.25) is 0 Å². The van der Waals surface area contributed by atoms with Gasteiger partial charge in [0.25, 0.3) is 0 Å². The van der Waals surface area contributed by atoms with Gasteiger partial charge in [0.05, 0.1) is 5.02 Å². The Balaban J connectivity index is 3.08. The molecule has 0 nitrogen and oxygen atoms in total. The second-order valence-electron chi connectivity index (χ2n) is 1.35. The Morgan fingerprint density at radius 2 is 2.38 bits per heavy atom. The minimum Gasteiger partial charge on any atom is -0.207 e. The lowest BCUT2D eigenvalue weighted by Crippen LogP contribution is -1.68. The summed E-state index contributed by atoms with van der Waals surface area (Å²) in [7, 11) is 0. The molecule has 8 heavy (non-hydrogen) atoms. The highest BCUT2D eigenvalue weighted by molar-refractivity contribution is 6.30. The van der Waals surface area contributed by atoms with Gasteiger partial charge in [-0.1, -0.05) is 11.6 Å². The second-order valence-corrected chi connectivity index (χ2v) is 1.76. The Bertz CT molecular complexity index is 168. The lowest BCUT2D eigenvalue weighted by atomic mass is 10.4. The number of rotatable bonds is 0. The van der Waals surface area contributed by atoms with Crippen molar-refractivity contribution < 1.29 is 4.39 Å². The van der Waals surface area contributed by atoms with Gasteiger partial charge in [-0.15, -0.1) is 0 Å². The van der Waals surface area contributed by atoms with Crippen LogP contribution in [0.2, 0.25) is 5.02 Å². The van der Waals surface area contributed by atoms with Crippen LogP contribution in [0, 0.1) is 11.9 Å². The highest BCUT2D eigenvalue weighted by Gasteiger charge is 1.87. The van der Waals surface area contributed by atoms with Crippen molar-refractivity contribution in [1.82, 2.24) is 0 Å². The van der Waals surface area contributed by atoms with Gasteiger partial charge in [-0.2, -0.15) is 0 Å². The molecule has 0 aliphatic heterocycles. The van der Waals surface area contributed by atoms with Gasteiger partial charge in [0.1, 0.15) is 5.82 Å². The molecule has 1 radical (unpaired) electrons. The molecule has 0 N–H and O–H groups in total. The number of hydrogen-bond donors (Lipinski definition) is 0. The molecule has 0 unspecified atom stereocenters. The zero-order chi connectivity index (χ0) is 5.98. The van der Waals surface area contributed by atoms with E-state index in [1.807, 2.05) is 0 Å². The van der Waals surface area contributed by atoms with Gasteiger partial charge in [0, 0.05) is 6.07 Å². The molecular formula is C6H3ClF. The van der Waals surface area contributed by atoms with Gasteiger partial charge in [-0.05, 0) is 18.2 Å². The van der Waals surface area contributed by atoms with Crippen molar-refractivity contribution in [2.24, 2.45) is 0 Å². The summed E-state index contributed by atoms with van der Waals surface area (Å²) >= 11 is 5.35. The summed E-state index contributed by atoms with van der Waals surface area (Å²) in [5.74, 6) is -0.325. The Kier molecular flexibility index (Phi) is 1.49. The molecule has 0 heterocycles. The van der Waals surface area contributed by atoms with Crippen LogP contribution in [0.3, 0.4) is 0 Å². The summed E-state index contributed by atoms with van der Waals surface area (Å²) in [6, 6.07) is 6.55. The topological polar surface area (TPSA) is 0 Å². The maximum absolute atomic E-state index is 12.1. The highest BCUT2D eigenvalue weighted by atomic mass is 35.5. The molecule has 0 bridgehead atoms. The molecule has 1 rings (SSSR count). The minimum atomic E-state index is -0.325. The third kappa shape index (κ3) is 1.20. The van der Waals surface area contributed by atoms with Gasteiger partial charge in [-0.25, -0.2) is 4.39 Å². The predicted molar refractivity (Wildman–Crippen MR) is 30.2 cm³/mol. The van der Waals surface area contributed by atoms with Gasteiger partial charge >= 0.3 is 0 Å². The van der Waals surface area contributed by atoms with E-state index in [0.717, 1.165) is 0 Å². The van der Waals surface area contributed by atoms with Crippen molar-refractivity contribution in [1.29, 1.82) is 0 Å². The van der Waals surface area contributed by atoms with E-state index in [1.165, 1.54) is 18.2 Å². The van der Waals surface area contributed by atoms with Crippen LogP contribution in [0.25, 0.3) is 0 Å². The molecular weight excluding hydrogens is 127 g/mol. The quantitative estimate of drug-likeness (QED) is 0.504. The lowest BCUT2D eigenvalue weighted by molar-refractivity contribution is 0.628. The third-order valence-electron chi connectivity index (χ3n) is 0.728. The fourth-order valence-corrected chi connectivity index (χ4v) is 0.579. The summed E-state index contributed by atoms with van der Waals surface area (Å²) < 4.78 is 12.1. The molecule has 0 amide bonds. The van der Waals surface area contributed by atoms with Crippen LogP contribution in [-0.4, -0.2) is 0 Å². The van der Waals surface area contributed by atoms with E-state index in [1.54, 1.807) is 0 Å². The van der Waals surface area contributed by atoms with Crippen LogP contribution in [0.4, 0.5) is 4.39 Å². The zero-order valence-corrected chi connectivity index (χ0v) is 4.74. The van der Waals surface area contributed by atoms with E-state index in [9.17, 15) is 4.39 Å². The van der Waals surface area contributed by atoms with Crippen molar-refractivity contribution >= 4 is 11.6 Å². The smallest absolute Gasteiger partial charge is 0.124 e. The first-order chi connectivity index (χ1) is 3.79. The summed E-state index contributed by atoms with van der Waals surface area (Å²) in [5.41, 5.74) is 0. The molecule has 0 saturated carbocycles. The molecule has 2 heteroatoms. The molecule has 0 aliphatic rings. The summed E-state index contributed by atoms with van der Waals surface area (Å²) in [5, 5.41) is 0.310. The minimum absolute atomic E-state index is 0.310. The standard InChI is InChI=1S/C6H3ClF/c7-5-2-1-3-6(8)4-5/h1,3-4H. The maximum Gasteiger partial charge on any atom is 0.124 e. The maximum atomic E-state index is 12.1. The predicted octanol–water partition coefficient (Wildman–Crippen LogP) is 2.28. The first-order valence-corrected chi connectivity index (χ1v) is 2.49. The summed E-state index contributed by atoms with van der Waals surface area (Å²) in [6.45, 7) is 0. The van der Waals surface area contributed by atoms with E-state index in [2.05, 4.69) is 6.07 Å². The molecule has 41 valence electrons. The molecule has 1 aromatic rings. The van der Waals surface area contributed by atoms with E-state index >= 15 is 0 Å². The van der Waals surface area contributed by atoms with Gasteiger partial charge in [0.15, 0.2) is 0 Å². The number of benzene rings is 1. The van der Waals surface area contributed by atoms with E-state index in [0.29, 0.717) is 5.02 Å². The van der Waals surface area contributed by atoms with E-state index < -0.39 is 0 Å². The third-order valence-corrected chi connectivity index (χ3v) is 0.947. The van der Waals surface area contributed by atoms with Crippen LogP contribution in [0.1, 0.15) is 0 Å². The Morgan fingerprint density at radius 3 is 2.75 bits per heavy atom. The van der Waals surface area contributed by atoms with Crippen LogP contribution in [0.5, 0.6) is 0 Å². The van der Waals surface area contributed by atoms with Crippen molar-refractivity contribution in [3.8, 4) is 0 Å².